The van der Waals surface area contributed by atoms with Crippen molar-refractivity contribution in [2.75, 3.05) is 9.80 Å². The van der Waals surface area contributed by atoms with Gasteiger partial charge in [-0.05, 0) is 190 Å². The molecule has 105 heavy (non-hydrogen) atoms. The van der Waals surface area contributed by atoms with E-state index in [0.717, 1.165) is 61.0 Å². The van der Waals surface area contributed by atoms with E-state index in [-0.39, 0.29) is 55.9 Å². The van der Waals surface area contributed by atoms with Crippen LogP contribution in [0.25, 0.3) is 111 Å². The predicted octanol–water partition coefficient (Wildman–Crippen LogP) is 25.2. The minimum atomic E-state index is -0.998. The summed E-state index contributed by atoms with van der Waals surface area (Å²) < 4.78 is 200. The average molecular weight is 1370 g/mol. The molecule has 0 atom stereocenters. The van der Waals surface area contributed by atoms with Crippen molar-refractivity contribution >= 4 is 101 Å². The molecule has 20 rings (SSSR count). The molecular formula is C100H75BN2O2. The van der Waals surface area contributed by atoms with E-state index in [9.17, 15) is 26.0 Å². The van der Waals surface area contributed by atoms with Crippen LogP contribution in [0.4, 0.5) is 34.1 Å². The van der Waals surface area contributed by atoms with Gasteiger partial charge >= 0.3 is 0 Å². The summed E-state index contributed by atoms with van der Waals surface area (Å²) in [5, 5.41) is 3.27. The van der Waals surface area contributed by atoms with Gasteiger partial charge in [-0.15, -0.1) is 0 Å². The summed E-state index contributed by atoms with van der Waals surface area (Å²) in [5.74, 6) is -0.675. The lowest BCUT2D eigenvalue weighted by Crippen LogP contribution is -2.61. The summed E-state index contributed by atoms with van der Waals surface area (Å²) in [6.07, 6.45) is 0.544. The fraction of sp³-hybridized carbons (Fsp3) is 0.100. The molecule has 0 bridgehead atoms. The van der Waals surface area contributed by atoms with Gasteiger partial charge in [0.15, 0.2) is 0 Å². The number of fused-ring (bicyclic) bond motifs is 12. The first-order valence-electron chi connectivity index (χ1n) is 44.9. The Morgan fingerprint density at radius 2 is 0.724 bits per heavy atom. The highest BCUT2D eigenvalue weighted by Gasteiger charge is 2.47. The highest BCUT2D eigenvalue weighted by molar-refractivity contribution is 7.00. The second-order valence-corrected chi connectivity index (χ2v) is 29.6. The second-order valence-electron chi connectivity index (χ2n) is 29.6. The molecule has 4 heterocycles. The van der Waals surface area contributed by atoms with E-state index in [2.05, 4.69) is 48.5 Å². The van der Waals surface area contributed by atoms with Crippen LogP contribution >= 0.6 is 0 Å². The van der Waals surface area contributed by atoms with E-state index in [1.807, 2.05) is 191 Å². The number of benzene rings is 15. The molecular weight excluding hydrogens is 1270 g/mol. The Morgan fingerprint density at radius 1 is 0.343 bits per heavy atom. The maximum Gasteiger partial charge on any atom is 0.252 e. The van der Waals surface area contributed by atoms with Crippen LogP contribution in [0.5, 0.6) is 0 Å². The molecule has 0 radical (unpaired) electrons. The quantitative estimate of drug-likeness (QED) is 0.135. The van der Waals surface area contributed by atoms with Gasteiger partial charge < -0.3 is 18.6 Å². The lowest BCUT2D eigenvalue weighted by molar-refractivity contribution is 0.590. The van der Waals surface area contributed by atoms with Gasteiger partial charge in [0.05, 0.1) is 37.4 Å². The van der Waals surface area contributed by atoms with Gasteiger partial charge in [0.2, 0.25) is 0 Å². The first kappa shape index (κ1) is 45.5. The van der Waals surface area contributed by atoms with E-state index < -0.39 is 138 Å². The first-order valence-corrected chi connectivity index (χ1v) is 35.4. The summed E-state index contributed by atoms with van der Waals surface area (Å²) in [5.41, 5.74) is 11.7. The topological polar surface area (TPSA) is 32.8 Å². The molecule has 0 N–H and O–H groups in total. The van der Waals surface area contributed by atoms with Crippen LogP contribution < -0.4 is 26.2 Å². The lowest BCUT2D eigenvalue weighted by Gasteiger charge is -2.46. The fourth-order valence-corrected chi connectivity index (χ4v) is 16.7. The van der Waals surface area contributed by atoms with E-state index in [1.165, 1.54) is 0 Å². The van der Waals surface area contributed by atoms with Crippen molar-refractivity contribution in [1.82, 2.24) is 0 Å². The monoisotopic (exact) mass is 1370 g/mol. The van der Waals surface area contributed by atoms with Crippen molar-refractivity contribution in [3.05, 3.63) is 366 Å². The molecule has 1 aliphatic carbocycles. The zero-order valence-electron chi connectivity index (χ0n) is 77.3. The van der Waals surface area contributed by atoms with Gasteiger partial charge in [0.1, 0.15) is 22.3 Å². The van der Waals surface area contributed by atoms with E-state index in [0.29, 0.717) is 95.7 Å². The SMILES string of the molecule is [2H]c1cc([2H])c([2H])c(-c2cc(C(C)(C)C)cc(-c3c([2H])c([2H])c([2H])c([2H])c3[2H])c2N2c3ccc(-c4cccc5oc6ccccc6c45)cc3B3c4cc(-c5cccc6oc7ccccc7c56)ccc4N(c4c(-c5c([2H])c([2H])c([2H])c([2H])c5[2H])cc(C(C)(C)C)cc4-c4c([2H])c([2H])c([2H])c([2H])c4[2H])c4cc(C5c6ccccc6Cc6ccccc65)cc2c43)c1[2H]. The van der Waals surface area contributed by atoms with Gasteiger partial charge in [-0.25, -0.2) is 0 Å². The Balaban J connectivity index is 1.06. The highest BCUT2D eigenvalue weighted by atomic mass is 16.3. The number of furan rings is 2. The zero-order valence-corrected chi connectivity index (χ0v) is 58.3. The first-order chi connectivity index (χ1) is 59.2. The second kappa shape index (κ2) is 24.1. The highest BCUT2D eigenvalue weighted by Crippen LogP contribution is 2.57. The molecule has 17 aromatic rings. The van der Waals surface area contributed by atoms with Crippen LogP contribution in [0.1, 0.15) is 112 Å². The molecule has 2 aromatic heterocycles. The normalized spacial score (nSPS) is 15.8. The maximum atomic E-state index is 10.3. The minimum absolute atomic E-state index is 0.0218. The van der Waals surface area contributed by atoms with Crippen LogP contribution in [0, 0.1) is 0 Å². The van der Waals surface area contributed by atoms with Gasteiger partial charge in [-0.1, -0.05) is 296 Å². The van der Waals surface area contributed by atoms with Crippen molar-refractivity contribution in [3.63, 3.8) is 0 Å². The van der Waals surface area contributed by atoms with E-state index in [4.69, 9.17) is 8.83 Å². The molecule has 500 valence electrons. The van der Waals surface area contributed by atoms with E-state index in [1.54, 1.807) is 18.2 Å². The van der Waals surface area contributed by atoms with Crippen molar-refractivity contribution in [2.45, 2.75) is 64.7 Å². The third-order valence-corrected chi connectivity index (χ3v) is 21.5. The number of nitrogens with zero attached hydrogens (tertiary/aromatic N) is 2. The van der Waals surface area contributed by atoms with Crippen molar-refractivity contribution < 1.29 is 34.9 Å². The molecule has 0 saturated heterocycles. The largest absolute Gasteiger partial charge is 0.456 e. The number of anilines is 6. The molecule has 2 aliphatic heterocycles. The molecule has 3 aliphatic rings. The Morgan fingerprint density at radius 3 is 1.14 bits per heavy atom. The molecule has 0 amide bonds. The third kappa shape index (κ3) is 10.1. The molecule has 0 spiro atoms. The Kier molecular flexibility index (Phi) is 10.4. The molecule has 0 saturated carbocycles. The van der Waals surface area contributed by atoms with Crippen LogP contribution in [0.2, 0.25) is 0 Å². The fourth-order valence-electron chi connectivity index (χ4n) is 16.7. The van der Waals surface area contributed by atoms with Crippen molar-refractivity contribution in [1.29, 1.82) is 0 Å². The standard InChI is InChI=1S/C100H75BN2O2/c1-99(2,3)71-58-79(62-29-11-7-12-30-62)97(80(59-71)63-31-13-8-14-32-63)102-85-51-49-68(75-43-27-47-91-94(75)77-41-23-25-45-89(77)104-91)54-83(85)101-84-55-69(76-44-28-48-92-95(76)78-42-24-26-46-90(78)105-92)50-52-86(84)103(98-81(64-33-15-9-16-34-64)60-72(100(4,5)6)61-82(98)65-35-17-10-18-36-65)88-57-70(56-87(102)96(88)101)93-73-39-21-19-37-66(73)53-67-38-20-22-40-74(67)93/h7-52,54-61,93H,53H2,1-6H3/i7D,8D,9D,11D,12D,13D,14D,15D,16D,17D,18D,29D,30D,31D,32D,33D,34D,35D,36D. The number of hydrogen-bond donors (Lipinski definition) is 0. The molecule has 15 aromatic carbocycles. The number of rotatable bonds is 9. The summed E-state index contributed by atoms with van der Waals surface area (Å²) >= 11 is 0. The van der Waals surface area contributed by atoms with Crippen molar-refractivity contribution in [2.24, 2.45) is 0 Å². The van der Waals surface area contributed by atoms with Crippen molar-refractivity contribution in [3.8, 4) is 66.8 Å². The van der Waals surface area contributed by atoms with Crippen LogP contribution in [-0.2, 0) is 17.3 Å². The minimum Gasteiger partial charge on any atom is -0.456 e. The maximum absolute atomic E-state index is 10.3. The Labute approximate surface area is 640 Å². The molecule has 0 unspecified atom stereocenters. The zero-order chi connectivity index (χ0) is 86.9. The van der Waals surface area contributed by atoms with Crippen LogP contribution in [-0.4, -0.2) is 6.71 Å². The van der Waals surface area contributed by atoms with Gasteiger partial charge in [0.25, 0.3) is 6.71 Å². The summed E-state index contributed by atoms with van der Waals surface area (Å²) in [6.45, 7) is 10.6. The van der Waals surface area contributed by atoms with Crippen LogP contribution in [0.15, 0.2) is 336 Å². The molecule has 4 nitrogen and oxygen atoms in total. The number of hydrogen-bond acceptors (Lipinski definition) is 4. The summed E-state index contributed by atoms with van der Waals surface area (Å²) in [4.78, 5) is 3.93. The molecule has 5 heteroatoms. The summed E-state index contributed by atoms with van der Waals surface area (Å²) in [7, 11) is 0. The summed E-state index contributed by atoms with van der Waals surface area (Å²) in [6, 6.07) is 57.1. The van der Waals surface area contributed by atoms with Gasteiger partial charge in [-0.3, -0.25) is 0 Å². The number of para-hydroxylation sites is 2. The van der Waals surface area contributed by atoms with Crippen LogP contribution in [0.3, 0.4) is 0 Å². The van der Waals surface area contributed by atoms with Gasteiger partial charge in [0, 0.05) is 72.5 Å². The molecule has 0 fully saturated rings. The smallest absolute Gasteiger partial charge is 0.252 e. The predicted molar refractivity (Wildman–Crippen MR) is 442 cm³/mol. The van der Waals surface area contributed by atoms with E-state index >= 15 is 0 Å². The van der Waals surface area contributed by atoms with Gasteiger partial charge in [-0.2, -0.15) is 0 Å². The average Bonchev–Trinajstić information content (AvgIpc) is 0.722. The Bertz CT molecular complexity index is 7230. The lowest BCUT2D eigenvalue weighted by atomic mass is 9.33. The third-order valence-electron chi connectivity index (χ3n) is 21.5. The Hall–Kier alpha value is -12.4.